The van der Waals surface area contributed by atoms with Gasteiger partial charge in [-0.3, -0.25) is 4.79 Å². The van der Waals surface area contributed by atoms with E-state index in [1.165, 1.54) is 76.2 Å². The van der Waals surface area contributed by atoms with Gasteiger partial charge in [0, 0.05) is 30.0 Å². The molecule has 1 fully saturated rings. The van der Waals surface area contributed by atoms with Crippen molar-refractivity contribution in [1.29, 1.82) is 0 Å². The number of rotatable bonds is 18. The van der Waals surface area contributed by atoms with Crippen LogP contribution in [-0.2, 0) is 23.2 Å². The molecule has 1 spiro atoms. The number of unbranched alkanes of at least 4 members (excludes halogenated alkanes) is 11. The molecule has 0 amide bonds. The van der Waals surface area contributed by atoms with Crippen LogP contribution in [0, 0.1) is 0 Å². The molecule has 5 heteroatoms. The summed E-state index contributed by atoms with van der Waals surface area (Å²) in [6, 6.07) is 4.13. The third kappa shape index (κ3) is 6.03. The molecular weight excluding hydrogens is 522 g/mol. The minimum atomic E-state index is -0.924. The molecule has 4 atom stereocenters. The number of piperidine rings is 1. The van der Waals surface area contributed by atoms with E-state index in [4.69, 9.17) is 4.74 Å². The Morgan fingerprint density at radius 1 is 1.02 bits per heavy atom. The fraction of sp³-hybridized carbons (Fsp3) is 0.703. The molecule has 2 N–H and O–H groups in total. The van der Waals surface area contributed by atoms with Crippen molar-refractivity contribution < 1.29 is 19.7 Å². The van der Waals surface area contributed by atoms with Gasteiger partial charge in [-0.25, -0.2) is 0 Å². The number of allylic oxidation sites excluding steroid dienone is 2. The predicted molar refractivity (Wildman–Crippen MR) is 170 cm³/mol. The number of benzene rings is 1. The molecule has 2 aliphatic carbocycles. The van der Waals surface area contributed by atoms with Crippen molar-refractivity contribution in [2.24, 2.45) is 0 Å². The number of hydrogen-bond donors (Lipinski definition) is 2. The summed E-state index contributed by atoms with van der Waals surface area (Å²) in [7, 11) is 2.12. The van der Waals surface area contributed by atoms with Gasteiger partial charge in [-0.1, -0.05) is 88.7 Å². The number of hydrogen-bond acceptors (Lipinski definition) is 5. The second-order valence-corrected chi connectivity index (χ2v) is 13.6. The van der Waals surface area contributed by atoms with Crippen molar-refractivity contribution in [3.63, 3.8) is 0 Å². The van der Waals surface area contributed by atoms with Crippen LogP contribution in [0.5, 0.6) is 5.75 Å². The van der Waals surface area contributed by atoms with Crippen LogP contribution in [0.15, 0.2) is 35.9 Å². The van der Waals surface area contributed by atoms with Crippen molar-refractivity contribution in [2.45, 2.75) is 152 Å². The lowest BCUT2D eigenvalue weighted by Crippen LogP contribution is -2.74. The summed E-state index contributed by atoms with van der Waals surface area (Å²) in [6.45, 7) is 3.08. The first-order valence-corrected chi connectivity index (χ1v) is 17.2. The van der Waals surface area contributed by atoms with E-state index >= 15 is 0 Å². The molecule has 1 saturated heterocycles. The third-order valence-corrected chi connectivity index (χ3v) is 10.9. The van der Waals surface area contributed by atoms with Crippen LogP contribution in [0.4, 0.5) is 0 Å². The molecule has 5 rings (SSSR count). The maximum absolute atomic E-state index is 13.2. The van der Waals surface area contributed by atoms with E-state index < -0.39 is 11.0 Å². The number of nitrogens with zero attached hydrogens (tertiary/aromatic N) is 1. The van der Waals surface area contributed by atoms with Crippen LogP contribution in [0.2, 0.25) is 0 Å². The standard InChI is InChI=1S/C37H55NO4/c1-3-4-5-6-7-8-9-10-11-12-13-14-15-16-17-18-31(40)25-29-21-22-37(41)32-26-28-19-20-30(27-39)34-33(28)36(37,35(29)42-34)23-24-38(32)2/h10-11,19-21,32,35,39,41H,3-9,12-18,22-27H2,1-2H3/b11-10-/t32-,35+,36+,37-/m1/s1. The molecule has 2 heterocycles. The number of ketones is 1. The maximum atomic E-state index is 13.2. The fourth-order valence-electron chi connectivity index (χ4n) is 8.53. The second kappa shape index (κ2) is 14.2. The van der Waals surface area contributed by atoms with Gasteiger partial charge in [0.1, 0.15) is 17.6 Å². The van der Waals surface area contributed by atoms with E-state index in [0.29, 0.717) is 19.3 Å². The minimum absolute atomic E-state index is 0.0279. The van der Waals surface area contributed by atoms with Gasteiger partial charge in [0.05, 0.1) is 17.6 Å². The molecule has 1 aromatic rings. The summed E-state index contributed by atoms with van der Waals surface area (Å²) in [4.78, 5) is 15.5. The molecule has 0 radical (unpaired) electrons. The lowest BCUT2D eigenvalue weighted by Gasteiger charge is -2.62. The van der Waals surface area contributed by atoms with E-state index in [0.717, 1.165) is 54.7 Å². The second-order valence-electron chi connectivity index (χ2n) is 13.6. The minimum Gasteiger partial charge on any atom is -0.484 e. The highest BCUT2D eigenvalue weighted by Gasteiger charge is 2.71. The predicted octanol–water partition coefficient (Wildman–Crippen LogP) is 7.50. The largest absolute Gasteiger partial charge is 0.484 e. The molecule has 1 aromatic carbocycles. The van der Waals surface area contributed by atoms with E-state index in [1.54, 1.807) is 0 Å². The van der Waals surface area contributed by atoms with Crippen molar-refractivity contribution in [3.05, 3.63) is 52.6 Å². The number of aliphatic hydroxyl groups is 2. The van der Waals surface area contributed by atoms with Gasteiger partial charge in [-0.05, 0) is 76.1 Å². The summed E-state index contributed by atoms with van der Waals surface area (Å²) < 4.78 is 6.68. The first-order valence-electron chi connectivity index (χ1n) is 17.2. The van der Waals surface area contributed by atoms with Crippen LogP contribution in [0.1, 0.15) is 133 Å². The Morgan fingerprint density at radius 3 is 2.43 bits per heavy atom. The number of ether oxygens (including phenoxy) is 1. The van der Waals surface area contributed by atoms with Gasteiger partial charge in [0.15, 0.2) is 0 Å². The van der Waals surface area contributed by atoms with Crippen molar-refractivity contribution in [2.75, 3.05) is 13.6 Å². The number of likely N-dealkylation sites (N-methyl/N-ethyl adjacent to an activating group) is 1. The Kier molecular flexibility index (Phi) is 10.7. The van der Waals surface area contributed by atoms with Gasteiger partial charge in [0.25, 0.3) is 0 Å². The Hall–Kier alpha value is -1.95. The Balaban J connectivity index is 1.07. The first kappa shape index (κ1) is 31.5. The van der Waals surface area contributed by atoms with Gasteiger partial charge in [-0.2, -0.15) is 0 Å². The van der Waals surface area contributed by atoms with Crippen LogP contribution in [0.3, 0.4) is 0 Å². The van der Waals surface area contributed by atoms with Crippen molar-refractivity contribution in [1.82, 2.24) is 4.90 Å². The highest BCUT2D eigenvalue weighted by atomic mass is 16.5. The molecule has 0 aromatic heterocycles. The number of likely N-dealkylation sites (tertiary alicyclic amines) is 1. The van der Waals surface area contributed by atoms with Crippen LogP contribution >= 0.6 is 0 Å². The quantitative estimate of drug-likeness (QED) is 0.140. The first-order chi connectivity index (χ1) is 20.5. The number of Topliss-reactive ketones (excluding diaryl/α,β-unsaturated/α-hetero) is 1. The summed E-state index contributed by atoms with van der Waals surface area (Å²) in [5.41, 5.74) is 2.71. The number of carbonyl (C=O) groups is 1. The Labute approximate surface area is 254 Å². The van der Waals surface area contributed by atoms with Crippen LogP contribution in [0.25, 0.3) is 0 Å². The zero-order valence-corrected chi connectivity index (χ0v) is 26.3. The average molecular weight is 578 g/mol. The maximum Gasteiger partial charge on any atom is 0.137 e. The lowest BCUT2D eigenvalue weighted by molar-refractivity contribution is -0.158. The van der Waals surface area contributed by atoms with Crippen molar-refractivity contribution in [3.8, 4) is 5.75 Å². The normalized spacial score (nSPS) is 27.7. The number of carbonyl (C=O) groups excluding carboxylic acids is 1. The van der Waals surface area contributed by atoms with Gasteiger partial charge in [-0.15, -0.1) is 0 Å². The number of aliphatic hydroxyl groups excluding tert-OH is 1. The molecule has 2 bridgehead atoms. The molecule has 42 heavy (non-hydrogen) atoms. The summed E-state index contributed by atoms with van der Waals surface area (Å²) in [5, 5.41) is 22.4. The Morgan fingerprint density at radius 2 is 1.71 bits per heavy atom. The van der Waals surface area contributed by atoms with Crippen LogP contribution < -0.4 is 4.74 Å². The fourth-order valence-corrected chi connectivity index (χ4v) is 8.53. The molecular formula is C37H55NO4. The SMILES string of the molecule is CCCCCCCC/C=C\CCCCCCCC(=O)CC1=CC[C@@]2(O)[C@H]3Cc4ccc(CO)c5c4[C@@]2(CCN3C)[C@H]1O5. The topological polar surface area (TPSA) is 70.0 Å². The highest BCUT2D eigenvalue weighted by molar-refractivity contribution is 5.81. The van der Waals surface area contributed by atoms with Gasteiger partial charge in [0.2, 0.25) is 0 Å². The van der Waals surface area contributed by atoms with E-state index in [1.807, 2.05) is 6.07 Å². The molecule has 232 valence electrons. The van der Waals surface area contributed by atoms with Crippen LogP contribution in [-0.4, -0.2) is 52.2 Å². The third-order valence-electron chi connectivity index (χ3n) is 10.9. The zero-order valence-electron chi connectivity index (χ0n) is 26.3. The molecule has 5 nitrogen and oxygen atoms in total. The highest BCUT2D eigenvalue weighted by Crippen LogP contribution is 2.64. The zero-order chi connectivity index (χ0) is 29.6. The van der Waals surface area contributed by atoms with E-state index in [-0.39, 0.29) is 24.5 Å². The average Bonchev–Trinajstić information content (AvgIpc) is 3.34. The monoisotopic (exact) mass is 577 g/mol. The summed E-state index contributed by atoms with van der Waals surface area (Å²) >= 11 is 0. The summed E-state index contributed by atoms with van der Waals surface area (Å²) in [5.74, 6) is 1.04. The Bertz CT molecular complexity index is 1140. The van der Waals surface area contributed by atoms with Gasteiger partial charge < -0.3 is 19.8 Å². The molecule has 4 aliphatic rings. The summed E-state index contributed by atoms with van der Waals surface area (Å²) in [6.07, 6.45) is 26.0. The molecule has 0 unspecified atom stereocenters. The molecule has 2 aliphatic heterocycles. The van der Waals surface area contributed by atoms with Gasteiger partial charge >= 0.3 is 0 Å². The smallest absolute Gasteiger partial charge is 0.137 e. The van der Waals surface area contributed by atoms with E-state index in [2.05, 4.69) is 43.2 Å². The molecule has 0 saturated carbocycles. The lowest BCUT2D eigenvalue weighted by atomic mass is 9.49. The van der Waals surface area contributed by atoms with Crippen molar-refractivity contribution >= 4 is 5.78 Å². The van der Waals surface area contributed by atoms with E-state index in [9.17, 15) is 15.0 Å².